The molecule has 0 saturated heterocycles. The number of rotatable bonds is 2. The summed E-state index contributed by atoms with van der Waals surface area (Å²) in [6.45, 7) is 9.80. The number of allylic oxidation sites excluding steroid dienone is 2. The molecule has 1 heterocycles. The van der Waals surface area contributed by atoms with Crippen LogP contribution in [0.15, 0.2) is 22.9 Å². The summed E-state index contributed by atoms with van der Waals surface area (Å²) in [5, 5.41) is 29.1. The van der Waals surface area contributed by atoms with Crippen molar-refractivity contribution >= 4 is 0 Å². The van der Waals surface area contributed by atoms with Crippen molar-refractivity contribution in [2.75, 3.05) is 13.1 Å². The third kappa shape index (κ3) is 2.40. The molecule has 0 aromatic rings. The minimum absolute atomic E-state index is 0.0209. The molecule has 0 aromatic carbocycles. The maximum atomic E-state index is 9.78. The van der Waals surface area contributed by atoms with Crippen LogP contribution in [0.2, 0.25) is 0 Å². The molecule has 23 heavy (non-hydrogen) atoms. The van der Waals surface area contributed by atoms with Crippen molar-refractivity contribution in [1.82, 2.24) is 4.90 Å². The van der Waals surface area contributed by atoms with Gasteiger partial charge in [-0.3, -0.25) is 4.90 Å². The van der Waals surface area contributed by atoms with E-state index in [0.717, 1.165) is 18.7 Å². The van der Waals surface area contributed by atoms with E-state index in [1.165, 1.54) is 0 Å². The Balaban J connectivity index is 2.71. The van der Waals surface area contributed by atoms with Gasteiger partial charge in [0.2, 0.25) is 0 Å². The summed E-state index contributed by atoms with van der Waals surface area (Å²) in [4.78, 5) is 2.31. The minimum atomic E-state index is -1.43. The molecule has 0 saturated carbocycles. The number of hydrogen-bond donors (Lipinski definition) is 1. The van der Waals surface area contributed by atoms with Crippen molar-refractivity contribution in [2.24, 2.45) is 28.9 Å². The molecule has 0 spiro atoms. The first kappa shape index (κ1) is 17.1. The topological polar surface area (TPSA) is 101 Å². The van der Waals surface area contributed by atoms with Crippen molar-refractivity contribution in [3.8, 4) is 18.2 Å². The van der Waals surface area contributed by atoms with Crippen LogP contribution in [0.4, 0.5) is 0 Å². The van der Waals surface area contributed by atoms with Gasteiger partial charge in [-0.2, -0.15) is 15.8 Å². The minimum Gasteiger partial charge on any atom is -0.399 e. The van der Waals surface area contributed by atoms with E-state index in [1.54, 1.807) is 0 Å². The van der Waals surface area contributed by atoms with Gasteiger partial charge in [0, 0.05) is 31.0 Å². The standard InChI is InChI=1S/C18H23N5/c1-11(2)16-15-8-23(12(3)4)6-5-13(15)14(7-19)17(22)18(16,9-20)10-21/h5,11-12,15-16H,6,8,22H2,1-4H3. The Labute approximate surface area is 138 Å². The lowest BCUT2D eigenvalue weighted by Gasteiger charge is -2.47. The van der Waals surface area contributed by atoms with Gasteiger partial charge < -0.3 is 5.73 Å². The number of nitriles is 3. The van der Waals surface area contributed by atoms with Gasteiger partial charge >= 0.3 is 0 Å². The lowest BCUT2D eigenvalue weighted by Crippen LogP contribution is -2.52. The summed E-state index contributed by atoms with van der Waals surface area (Å²) >= 11 is 0. The van der Waals surface area contributed by atoms with Crippen molar-refractivity contribution in [2.45, 2.75) is 33.7 Å². The highest BCUT2D eigenvalue weighted by atomic mass is 15.2. The molecule has 0 radical (unpaired) electrons. The Morgan fingerprint density at radius 3 is 2.26 bits per heavy atom. The van der Waals surface area contributed by atoms with Crippen LogP contribution in [0.3, 0.4) is 0 Å². The fourth-order valence-corrected chi connectivity index (χ4v) is 4.03. The molecule has 0 aromatic heterocycles. The van der Waals surface area contributed by atoms with Gasteiger partial charge in [-0.25, -0.2) is 0 Å². The monoisotopic (exact) mass is 309 g/mol. The van der Waals surface area contributed by atoms with E-state index in [9.17, 15) is 15.8 Å². The van der Waals surface area contributed by atoms with Crippen LogP contribution in [0.1, 0.15) is 27.7 Å². The first-order valence-electron chi connectivity index (χ1n) is 8.01. The molecule has 5 nitrogen and oxygen atoms in total. The summed E-state index contributed by atoms with van der Waals surface area (Å²) in [5.41, 5.74) is 6.13. The van der Waals surface area contributed by atoms with Crippen LogP contribution in [-0.4, -0.2) is 24.0 Å². The summed E-state index contributed by atoms with van der Waals surface area (Å²) < 4.78 is 0. The van der Waals surface area contributed by atoms with Gasteiger partial charge in [0.1, 0.15) is 6.07 Å². The van der Waals surface area contributed by atoms with Crippen LogP contribution < -0.4 is 5.73 Å². The predicted octanol–water partition coefficient (Wildman–Crippen LogP) is 2.31. The second-order valence-corrected chi connectivity index (χ2v) is 7.02. The van der Waals surface area contributed by atoms with Gasteiger partial charge in [0.05, 0.1) is 23.4 Å². The van der Waals surface area contributed by atoms with E-state index in [2.05, 4.69) is 37.0 Å². The number of hydrogen-bond acceptors (Lipinski definition) is 5. The number of nitrogens with two attached hydrogens (primary N) is 1. The lowest BCUT2D eigenvalue weighted by molar-refractivity contribution is 0.115. The molecule has 2 atom stereocenters. The van der Waals surface area contributed by atoms with Crippen molar-refractivity contribution in [1.29, 1.82) is 15.8 Å². The van der Waals surface area contributed by atoms with E-state index >= 15 is 0 Å². The number of nitrogens with zero attached hydrogens (tertiary/aromatic N) is 4. The highest BCUT2D eigenvalue weighted by Crippen LogP contribution is 2.52. The third-order valence-corrected chi connectivity index (χ3v) is 5.21. The SMILES string of the molecule is CC(C)C1C2CN(C(C)C)CC=C2C(C#N)=C(N)C1(C#N)C#N. The summed E-state index contributed by atoms with van der Waals surface area (Å²) in [6, 6.07) is 6.81. The van der Waals surface area contributed by atoms with E-state index < -0.39 is 5.41 Å². The third-order valence-electron chi connectivity index (χ3n) is 5.21. The molecule has 2 unspecified atom stereocenters. The van der Waals surface area contributed by atoms with E-state index in [4.69, 9.17) is 5.73 Å². The van der Waals surface area contributed by atoms with Crippen LogP contribution in [0.25, 0.3) is 0 Å². The molecule has 2 rings (SSSR count). The molecular formula is C18H23N5. The first-order chi connectivity index (χ1) is 10.8. The van der Waals surface area contributed by atoms with Gasteiger partial charge in [-0.15, -0.1) is 0 Å². The summed E-state index contributed by atoms with van der Waals surface area (Å²) in [5.74, 6) is -0.136. The Hall–Kier alpha value is -2.29. The maximum absolute atomic E-state index is 9.78. The van der Waals surface area contributed by atoms with Crippen LogP contribution in [0, 0.1) is 57.2 Å². The molecule has 120 valence electrons. The fourth-order valence-electron chi connectivity index (χ4n) is 4.03. The van der Waals surface area contributed by atoms with E-state index in [1.807, 2.05) is 19.9 Å². The van der Waals surface area contributed by atoms with Crippen LogP contribution >= 0.6 is 0 Å². The molecule has 2 aliphatic rings. The van der Waals surface area contributed by atoms with Gasteiger partial charge in [-0.1, -0.05) is 19.9 Å². The molecule has 5 heteroatoms. The maximum Gasteiger partial charge on any atom is 0.187 e. The average molecular weight is 309 g/mol. The van der Waals surface area contributed by atoms with Gasteiger partial charge in [0.25, 0.3) is 0 Å². The molecule has 1 aliphatic carbocycles. The lowest BCUT2D eigenvalue weighted by atomic mass is 9.57. The summed E-state index contributed by atoms with van der Waals surface area (Å²) in [6.07, 6.45) is 2.05. The molecular weight excluding hydrogens is 286 g/mol. The second kappa shape index (κ2) is 6.07. The van der Waals surface area contributed by atoms with Crippen molar-refractivity contribution in [3.05, 3.63) is 22.9 Å². The second-order valence-electron chi connectivity index (χ2n) is 7.02. The molecule has 0 amide bonds. The highest BCUT2D eigenvalue weighted by Gasteiger charge is 2.54. The van der Waals surface area contributed by atoms with Crippen molar-refractivity contribution < 1.29 is 0 Å². The highest BCUT2D eigenvalue weighted by molar-refractivity contribution is 5.56. The fraction of sp³-hybridized carbons (Fsp3) is 0.611. The van der Waals surface area contributed by atoms with Gasteiger partial charge in [0.15, 0.2) is 5.41 Å². The van der Waals surface area contributed by atoms with E-state index in [-0.39, 0.29) is 23.5 Å². The predicted molar refractivity (Wildman–Crippen MR) is 87.1 cm³/mol. The Bertz CT molecular complexity index is 664. The zero-order valence-electron chi connectivity index (χ0n) is 14.2. The van der Waals surface area contributed by atoms with Crippen LogP contribution in [0.5, 0.6) is 0 Å². The van der Waals surface area contributed by atoms with E-state index in [0.29, 0.717) is 11.6 Å². The molecule has 0 fully saturated rings. The zero-order valence-corrected chi connectivity index (χ0v) is 14.2. The zero-order chi connectivity index (χ0) is 17.4. The summed E-state index contributed by atoms with van der Waals surface area (Å²) in [7, 11) is 0. The van der Waals surface area contributed by atoms with Gasteiger partial charge in [-0.05, 0) is 25.3 Å². The normalized spacial score (nSPS) is 27.0. The Morgan fingerprint density at radius 1 is 1.22 bits per heavy atom. The Kier molecular flexibility index (Phi) is 4.51. The molecule has 1 aliphatic heterocycles. The average Bonchev–Trinajstić information content (AvgIpc) is 2.53. The molecule has 2 N–H and O–H groups in total. The largest absolute Gasteiger partial charge is 0.399 e. The van der Waals surface area contributed by atoms with Crippen LogP contribution in [-0.2, 0) is 0 Å². The number of fused-ring (bicyclic) bond motifs is 1. The molecule has 0 bridgehead atoms. The first-order valence-corrected chi connectivity index (χ1v) is 8.01. The Morgan fingerprint density at radius 2 is 1.83 bits per heavy atom. The quantitative estimate of drug-likeness (QED) is 0.843. The smallest absolute Gasteiger partial charge is 0.187 e. The van der Waals surface area contributed by atoms with Crippen molar-refractivity contribution in [3.63, 3.8) is 0 Å².